The second-order valence-corrected chi connectivity index (χ2v) is 9.88. The summed E-state index contributed by atoms with van der Waals surface area (Å²) >= 11 is 1.77. The molecule has 0 unspecified atom stereocenters. The van der Waals surface area contributed by atoms with Gasteiger partial charge in [-0.3, -0.25) is 4.98 Å². The van der Waals surface area contributed by atoms with Crippen LogP contribution in [0.2, 0.25) is 0 Å². The van der Waals surface area contributed by atoms with Crippen molar-refractivity contribution in [2.75, 3.05) is 0 Å². The van der Waals surface area contributed by atoms with E-state index < -0.39 is 0 Å². The maximum absolute atomic E-state index is 6.20. The number of benzene rings is 4. The molecule has 0 bridgehead atoms. The topological polar surface area (TPSA) is 39.2 Å². The number of aromatic nitrogens is 1. The zero-order chi connectivity index (χ0) is 22.9. The van der Waals surface area contributed by atoms with Crippen molar-refractivity contribution in [1.82, 2.24) is 4.98 Å². The lowest BCUT2D eigenvalue weighted by Crippen LogP contribution is -1.82. The van der Waals surface area contributed by atoms with E-state index in [1.165, 1.54) is 26.1 Å². The molecule has 4 heteroatoms. The van der Waals surface area contributed by atoms with Gasteiger partial charge >= 0.3 is 0 Å². The summed E-state index contributed by atoms with van der Waals surface area (Å²) in [5.74, 6) is 0. The molecule has 8 aromatic rings. The molecule has 0 saturated carbocycles. The number of nitrogens with zero attached hydrogens (tertiary/aromatic N) is 1. The number of para-hydroxylation sites is 1. The lowest BCUT2D eigenvalue weighted by Gasteiger charge is -2.03. The Hall–Kier alpha value is -4.41. The maximum atomic E-state index is 6.20. The number of thiophene rings is 1. The van der Waals surface area contributed by atoms with Gasteiger partial charge < -0.3 is 8.83 Å². The summed E-state index contributed by atoms with van der Waals surface area (Å²) in [5, 5.41) is 6.84. The van der Waals surface area contributed by atoms with Crippen LogP contribution < -0.4 is 0 Å². The van der Waals surface area contributed by atoms with Crippen molar-refractivity contribution < 1.29 is 8.83 Å². The number of hydrogen-bond donors (Lipinski definition) is 0. The Morgan fingerprint density at radius 3 is 2.14 bits per heavy atom. The van der Waals surface area contributed by atoms with Crippen molar-refractivity contribution in [2.45, 2.75) is 0 Å². The molecule has 3 nitrogen and oxygen atoms in total. The summed E-state index contributed by atoms with van der Waals surface area (Å²) in [7, 11) is 0. The van der Waals surface area contributed by atoms with Crippen LogP contribution in [0.3, 0.4) is 0 Å². The largest absolute Gasteiger partial charge is 0.456 e. The second kappa shape index (κ2) is 7.05. The summed E-state index contributed by atoms with van der Waals surface area (Å²) in [5.41, 5.74) is 5.68. The van der Waals surface area contributed by atoms with Gasteiger partial charge in [-0.25, -0.2) is 0 Å². The first-order chi connectivity index (χ1) is 17.3. The van der Waals surface area contributed by atoms with E-state index in [0.717, 1.165) is 49.6 Å². The number of rotatable bonds is 2. The van der Waals surface area contributed by atoms with Crippen LogP contribution in [-0.2, 0) is 0 Å². The summed E-state index contributed by atoms with van der Waals surface area (Å²) in [4.78, 5) is 7.08. The van der Waals surface area contributed by atoms with Crippen LogP contribution in [-0.4, -0.2) is 4.98 Å². The molecule has 0 saturated heterocycles. The fourth-order valence-corrected chi connectivity index (χ4v) is 6.10. The van der Waals surface area contributed by atoms with Crippen LogP contribution >= 0.6 is 11.3 Å². The predicted octanol–water partition coefficient (Wildman–Crippen LogP) is 9.43. The molecular formula is C31H17NO2S. The highest BCUT2D eigenvalue weighted by molar-refractivity contribution is 7.18. The molecule has 35 heavy (non-hydrogen) atoms. The molecule has 0 aliphatic rings. The highest BCUT2D eigenvalue weighted by Crippen LogP contribution is 2.40. The molecule has 0 aliphatic carbocycles. The van der Waals surface area contributed by atoms with Gasteiger partial charge in [0.2, 0.25) is 0 Å². The van der Waals surface area contributed by atoms with E-state index in [2.05, 4.69) is 72.8 Å². The van der Waals surface area contributed by atoms with Gasteiger partial charge in [-0.1, -0.05) is 42.5 Å². The molecule has 4 aromatic heterocycles. The van der Waals surface area contributed by atoms with Crippen LogP contribution in [0.4, 0.5) is 0 Å². The highest BCUT2D eigenvalue weighted by Gasteiger charge is 2.15. The lowest BCUT2D eigenvalue weighted by molar-refractivity contribution is 0.656. The van der Waals surface area contributed by atoms with E-state index in [1.54, 1.807) is 11.3 Å². The molecule has 164 valence electrons. The Labute approximate surface area is 203 Å². The van der Waals surface area contributed by atoms with E-state index >= 15 is 0 Å². The smallest absolute Gasteiger partial charge is 0.139 e. The standard InChI is InChI=1S/C31H17NO2S/c1-2-6-20-18(5-1)13-14-32-31(20)30-12-11-29(35-30)19-9-10-26-22(15-19)24-16-23-21-7-3-4-8-25(21)33-27(23)17-28(24)34-26/h1-17H. The molecular weight excluding hydrogens is 450 g/mol. The minimum atomic E-state index is 0.843. The maximum Gasteiger partial charge on any atom is 0.139 e. The van der Waals surface area contributed by atoms with Crippen LogP contribution in [0.25, 0.3) is 75.7 Å². The van der Waals surface area contributed by atoms with E-state index in [4.69, 9.17) is 13.8 Å². The molecule has 0 fully saturated rings. The van der Waals surface area contributed by atoms with Crippen LogP contribution in [0.5, 0.6) is 0 Å². The van der Waals surface area contributed by atoms with Crippen molar-refractivity contribution in [2.24, 2.45) is 0 Å². The number of pyridine rings is 1. The Morgan fingerprint density at radius 2 is 1.23 bits per heavy atom. The monoisotopic (exact) mass is 467 g/mol. The first-order valence-electron chi connectivity index (χ1n) is 11.5. The number of furan rings is 2. The quantitative estimate of drug-likeness (QED) is 0.254. The minimum absolute atomic E-state index is 0.843. The molecule has 4 heterocycles. The SMILES string of the molecule is c1ccc2c(-c3ccc(-c4ccc5oc6cc7oc8ccccc8c7cc6c5c4)s3)nccc2c1. The zero-order valence-electron chi connectivity index (χ0n) is 18.5. The number of hydrogen-bond acceptors (Lipinski definition) is 4. The Morgan fingerprint density at radius 1 is 0.514 bits per heavy atom. The summed E-state index contributed by atoms with van der Waals surface area (Å²) in [6.07, 6.45) is 1.89. The second-order valence-electron chi connectivity index (χ2n) is 8.80. The first kappa shape index (κ1) is 19.0. The van der Waals surface area contributed by atoms with Gasteiger partial charge in [0.25, 0.3) is 0 Å². The van der Waals surface area contributed by atoms with E-state index in [0.29, 0.717) is 0 Å². The average molecular weight is 468 g/mol. The van der Waals surface area contributed by atoms with Crippen LogP contribution in [0.1, 0.15) is 0 Å². The van der Waals surface area contributed by atoms with E-state index in [9.17, 15) is 0 Å². The zero-order valence-corrected chi connectivity index (χ0v) is 19.3. The van der Waals surface area contributed by atoms with Crippen molar-refractivity contribution in [3.8, 4) is 21.0 Å². The Kier molecular flexibility index (Phi) is 3.82. The van der Waals surface area contributed by atoms with Crippen molar-refractivity contribution >= 4 is 66.0 Å². The summed E-state index contributed by atoms with van der Waals surface area (Å²) in [6.45, 7) is 0. The normalized spacial score (nSPS) is 12.0. The molecule has 0 N–H and O–H groups in total. The molecule has 8 rings (SSSR count). The number of fused-ring (bicyclic) bond motifs is 7. The molecule has 0 spiro atoms. The lowest BCUT2D eigenvalue weighted by atomic mass is 10.1. The first-order valence-corrected chi connectivity index (χ1v) is 12.4. The fourth-order valence-electron chi connectivity index (χ4n) is 5.09. The minimum Gasteiger partial charge on any atom is -0.456 e. The van der Waals surface area contributed by atoms with Gasteiger partial charge in [-0.05, 0) is 59.5 Å². The van der Waals surface area contributed by atoms with Gasteiger partial charge in [0.15, 0.2) is 0 Å². The third kappa shape index (κ3) is 2.81. The molecule has 0 amide bonds. The summed E-state index contributed by atoms with van der Waals surface area (Å²) in [6, 6.07) is 33.6. The molecule has 0 radical (unpaired) electrons. The molecule has 0 aliphatic heterocycles. The molecule has 0 atom stereocenters. The van der Waals surface area contributed by atoms with E-state index in [1.807, 2.05) is 30.5 Å². The van der Waals surface area contributed by atoms with Crippen LogP contribution in [0.15, 0.2) is 112 Å². The predicted molar refractivity (Wildman–Crippen MR) is 145 cm³/mol. The van der Waals surface area contributed by atoms with Gasteiger partial charge in [0.1, 0.15) is 22.3 Å². The van der Waals surface area contributed by atoms with Gasteiger partial charge in [0, 0.05) is 44.1 Å². The van der Waals surface area contributed by atoms with Crippen LogP contribution in [0, 0.1) is 0 Å². The van der Waals surface area contributed by atoms with Crippen molar-refractivity contribution in [3.05, 3.63) is 103 Å². The molecule has 4 aromatic carbocycles. The highest BCUT2D eigenvalue weighted by atomic mass is 32.1. The summed E-state index contributed by atoms with van der Waals surface area (Å²) < 4.78 is 12.3. The Bertz CT molecular complexity index is 2070. The third-order valence-corrected chi connectivity index (χ3v) is 7.91. The third-order valence-electron chi connectivity index (χ3n) is 6.77. The Balaban J connectivity index is 1.29. The van der Waals surface area contributed by atoms with Crippen molar-refractivity contribution in [1.29, 1.82) is 0 Å². The van der Waals surface area contributed by atoms with Gasteiger partial charge in [-0.2, -0.15) is 0 Å². The van der Waals surface area contributed by atoms with E-state index in [-0.39, 0.29) is 0 Å². The van der Waals surface area contributed by atoms with Gasteiger partial charge in [0.05, 0.1) is 10.6 Å². The fraction of sp³-hybridized carbons (Fsp3) is 0. The van der Waals surface area contributed by atoms with Gasteiger partial charge in [-0.15, -0.1) is 11.3 Å². The van der Waals surface area contributed by atoms with Crippen molar-refractivity contribution in [3.63, 3.8) is 0 Å². The average Bonchev–Trinajstić information content (AvgIpc) is 3.62.